The lowest BCUT2D eigenvalue weighted by molar-refractivity contribution is 0.563. The molecule has 4 nitrogen and oxygen atoms in total. The first-order valence-electron chi connectivity index (χ1n) is 8.28. The van der Waals surface area contributed by atoms with Crippen LogP contribution in [0.25, 0.3) is 0 Å². The maximum absolute atomic E-state index is 4.81. The van der Waals surface area contributed by atoms with Crippen molar-refractivity contribution < 1.29 is 0 Å². The van der Waals surface area contributed by atoms with E-state index in [1.807, 2.05) is 0 Å². The molecule has 0 aliphatic rings. The normalized spacial score (nSPS) is 11.3. The Balaban J connectivity index is 3.23. The Morgan fingerprint density at radius 1 is 1.10 bits per heavy atom. The third-order valence-electron chi connectivity index (χ3n) is 3.48. The molecule has 0 aliphatic carbocycles. The quantitative estimate of drug-likeness (QED) is 0.785. The van der Waals surface area contributed by atoms with Crippen LogP contribution in [0.3, 0.4) is 0 Å². The molecule has 1 N–H and O–H groups in total. The summed E-state index contributed by atoms with van der Waals surface area (Å²) in [6.07, 6.45) is 1.96. The fourth-order valence-corrected chi connectivity index (χ4v) is 2.34. The Morgan fingerprint density at radius 2 is 1.76 bits per heavy atom. The molecular formula is C17H32N4. The van der Waals surface area contributed by atoms with E-state index in [0.29, 0.717) is 12.0 Å². The lowest BCUT2D eigenvalue weighted by atomic mass is 10.1. The van der Waals surface area contributed by atoms with Gasteiger partial charge in [-0.05, 0) is 33.1 Å². The summed E-state index contributed by atoms with van der Waals surface area (Å²) in [6, 6.07) is 0.435. The molecule has 0 fully saturated rings. The van der Waals surface area contributed by atoms with Crippen LogP contribution in [0.2, 0.25) is 0 Å². The Kier molecular flexibility index (Phi) is 6.93. The standard InChI is InChI=1S/C17H32N4/c1-8-10-18-16-14(7)17(20-15(9-2)19-16)21(13(5)6)11-12(3)4/h12-13H,8-11H2,1-7H3,(H,18,19,20). The highest BCUT2D eigenvalue weighted by molar-refractivity contribution is 5.59. The molecule has 0 atom stereocenters. The van der Waals surface area contributed by atoms with Crippen molar-refractivity contribution in [2.24, 2.45) is 5.92 Å². The Bertz CT molecular complexity index is 441. The minimum absolute atomic E-state index is 0.435. The summed E-state index contributed by atoms with van der Waals surface area (Å²) in [5.74, 6) is 3.61. The van der Waals surface area contributed by atoms with Crippen LogP contribution >= 0.6 is 0 Å². The van der Waals surface area contributed by atoms with Gasteiger partial charge in [0.15, 0.2) is 0 Å². The van der Waals surface area contributed by atoms with Crippen molar-refractivity contribution in [1.82, 2.24) is 9.97 Å². The molecule has 1 aromatic rings. The Labute approximate surface area is 130 Å². The average molecular weight is 292 g/mol. The second-order valence-electron chi connectivity index (χ2n) is 6.36. The van der Waals surface area contributed by atoms with Crippen LogP contribution in [-0.4, -0.2) is 29.1 Å². The smallest absolute Gasteiger partial charge is 0.137 e. The largest absolute Gasteiger partial charge is 0.370 e. The number of hydrogen-bond acceptors (Lipinski definition) is 4. The van der Waals surface area contributed by atoms with Crippen LogP contribution in [0.5, 0.6) is 0 Å². The molecule has 0 radical (unpaired) electrons. The molecule has 0 amide bonds. The average Bonchev–Trinajstić information content (AvgIpc) is 2.43. The number of nitrogens with zero attached hydrogens (tertiary/aromatic N) is 3. The first kappa shape index (κ1) is 17.7. The predicted octanol–water partition coefficient (Wildman–Crippen LogP) is 4.04. The van der Waals surface area contributed by atoms with Gasteiger partial charge in [-0.15, -0.1) is 0 Å². The lowest BCUT2D eigenvalue weighted by Crippen LogP contribution is -2.36. The Hall–Kier alpha value is -1.32. The number of aryl methyl sites for hydroxylation is 1. The third-order valence-corrected chi connectivity index (χ3v) is 3.48. The van der Waals surface area contributed by atoms with E-state index in [4.69, 9.17) is 4.98 Å². The second-order valence-corrected chi connectivity index (χ2v) is 6.36. The number of rotatable bonds is 8. The maximum atomic E-state index is 4.81. The van der Waals surface area contributed by atoms with Gasteiger partial charge in [-0.2, -0.15) is 0 Å². The molecule has 1 aromatic heterocycles. The molecule has 0 aliphatic heterocycles. The third kappa shape index (κ3) is 4.87. The van der Waals surface area contributed by atoms with Gasteiger partial charge in [-0.1, -0.05) is 27.7 Å². The summed E-state index contributed by atoms with van der Waals surface area (Å²) in [5, 5.41) is 3.45. The van der Waals surface area contributed by atoms with E-state index in [1.54, 1.807) is 0 Å². The van der Waals surface area contributed by atoms with Gasteiger partial charge in [0, 0.05) is 31.1 Å². The molecule has 0 saturated heterocycles. The molecule has 1 rings (SSSR count). The van der Waals surface area contributed by atoms with Gasteiger partial charge < -0.3 is 10.2 Å². The van der Waals surface area contributed by atoms with Gasteiger partial charge in [-0.25, -0.2) is 9.97 Å². The maximum Gasteiger partial charge on any atom is 0.137 e. The van der Waals surface area contributed by atoms with Crippen molar-refractivity contribution in [3.8, 4) is 0 Å². The molecular weight excluding hydrogens is 260 g/mol. The molecule has 4 heteroatoms. The van der Waals surface area contributed by atoms with Crippen molar-refractivity contribution in [1.29, 1.82) is 0 Å². The monoisotopic (exact) mass is 292 g/mol. The van der Waals surface area contributed by atoms with E-state index in [1.165, 1.54) is 0 Å². The summed E-state index contributed by atoms with van der Waals surface area (Å²) in [6.45, 7) is 17.3. The van der Waals surface area contributed by atoms with Gasteiger partial charge in [-0.3, -0.25) is 0 Å². The van der Waals surface area contributed by atoms with Gasteiger partial charge in [0.2, 0.25) is 0 Å². The molecule has 0 bridgehead atoms. The van der Waals surface area contributed by atoms with Crippen LogP contribution < -0.4 is 10.2 Å². The second kappa shape index (κ2) is 8.20. The van der Waals surface area contributed by atoms with E-state index >= 15 is 0 Å². The number of hydrogen-bond donors (Lipinski definition) is 1. The van der Waals surface area contributed by atoms with Crippen LogP contribution in [0.4, 0.5) is 11.6 Å². The van der Waals surface area contributed by atoms with E-state index in [2.05, 4.69) is 63.7 Å². The number of aromatic nitrogens is 2. The van der Waals surface area contributed by atoms with Gasteiger partial charge in [0.1, 0.15) is 17.5 Å². The van der Waals surface area contributed by atoms with Crippen LogP contribution in [0.15, 0.2) is 0 Å². The summed E-state index contributed by atoms with van der Waals surface area (Å²) >= 11 is 0. The van der Waals surface area contributed by atoms with E-state index in [9.17, 15) is 0 Å². The zero-order valence-electron chi connectivity index (χ0n) is 14.8. The summed E-state index contributed by atoms with van der Waals surface area (Å²) in [5.41, 5.74) is 1.16. The number of anilines is 2. The zero-order chi connectivity index (χ0) is 16.0. The summed E-state index contributed by atoms with van der Waals surface area (Å²) in [4.78, 5) is 11.9. The molecule has 0 aromatic carbocycles. The van der Waals surface area contributed by atoms with Gasteiger partial charge >= 0.3 is 0 Å². The van der Waals surface area contributed by atoms with Gasteiger partial charge in [0.05, 0.1) is 0 Å². The predicted molar refractivity (Wildman–Crippen MR) is 92.2 cm³/mol. The van der Waals surface area contributed by atoms with Crippen molar-refractivity contribution in [3.05, 3.63) is 11.4 Å². The Morgan fingerprint density at radius 3 is 2.24 bits per heavy atom. The molecule has 0 spiro atoms. The van der Waals surface area contributed by atoms with Crippen LogP contribution in [0.1, 0.15) is 59.4 Å². The van der Waals surface area contributed by atoms with Crippen molar-refractivity contribution in [3.63, 3.8) is 0 Å². The zero-order valence-corrected chi connectivity index (χ0v) is 14.8. The minimum Gasteiger partial charge on any atom is -0.370 e. The van der Waals surface area contributed by atoms with E-state index in [-0.39, 0.29) is 0 Å². The fraction of sp³-hybridized carbons (Fsp3) is 0.765. The topological polar surface area (TPSA) is 41.1 Å². The summed E-state index contributed by atoms with van der Waals surface area (Å²) < 4.78 is 0. The number of nitrogens with one attached hydrogen (secondary N) is 1. The van der Waals surface area contributed by atoms with Crippen LogP contribution in [0, 0.1) is 12.8 Å². The van der Waals surface area contributed by atoms with Crippen molar-refractivity contribution in [2.45, 2.75) is 67.3 Å². The van der Waals surface area contributed by atoms with E-state index in [0.717, 1.165) is 49.0 Å². The van der Waals surface area contributed by atoms with Crippen molar-refractivity contribution in [2.75, 3.05) is 23.3 Å². The highest BCUT2D eigenvalue weighted by atomic mass is 15.2. The van der Waals surface area contributed by atoms with Crippen molar-refractivity contribution >= 4 is 11.6 Å². The first-order valence-corrected chi connectivity index (χ1v) is 8.28. The van der Waals surface area contributed by atoms with Crippen LogP contribution in [-0.2, 0) is 6.42 Å². The molecule has 21 heavy (non-hydrogen) atoms. The first-order chi connectivity index (χ1) is 9.90. The fourth-order valence-electron chi connectivity index (χ4n) is 2.34. The summed E-state index contributed by atoms with van der Waals surface area (Å²) in [7, 11) is 0. The molecule has 0 saturated carbocycles. The lowest BCUT2D eigenvalue weighted by Gasteiger charge is -2.31. The minimum atomic E-state index is 0.435. The molecule has 120 valence electrons. The SMILES string of the molecule is CCCNc1nc(CC)nc(N(CC(C)C)C(C)C)c1C. The highest BCUT2D eigenvalue weighted by Crippen LogP contribution is 2.26. The van der Waals surface area contributed by atoms with Gasteiger partial charge in [0.25, 0.3) is 0 Å². The van der Waals surface area contributed by atoms with E-state index < -0.39 is 0 Å². The molecule has 0 unspecified atom stereocenters. The molecule has 1 heterocycles. The highest BCUT2D eigenvalue weighted by Gasteiger charge is 2.19.